The van der Waals surface area contributed by atoms with Crippen LogP contribution in [0.2, 0.25) is 0 Å². The van der Waals surface area contributed by atoms with E-state index in [1.807, 2.05) is 0 Å². The minimum absolute atomic E-state index is 0.360. The maximum atomic E-state index is 10.1. The second kappa shape index (κ2) is 4.39. The highest BCUT2D eigenvalue weighted by Gasteiger charge is 2.04. The lowest BCUT2D eigenvalue weighted by atomic mass is 10.3. The van der Waals surface area contributed by atoms with Crippen LogP contribution in [0.4, 0.5) is 0 Å². The minimum Gasteiger partial charge on any atom is -0.500 e. The Hall–Kier alpha value is -1.50. The summed E-state index contributed by atoms with van der Waals surface area (Å²) < 4.78 is 4.58. The van der Waals surface area contributed by atoms with Gasteiger partial charge in [0, 0.05) is 0 Å². The molecule has 0 aromatic carbocycles. The number of carboxylic acids is 1. The lowest BCUT2D eigenvalue weighted by Crippen LogP contribution is -1.98. The SMILES string of the molecule is CCOC=C(C#N)C(=O)O. The largest absolute Gasteiger partial charge is 0.500 e. The van der Waals surface area contributed by atoms with Gasteiger partial charge in [-0.15, -0.1) is 0 Å². The van der Waals surface area contributed by atoms with Crippen LogP contribution in [0.3, 0.4) is 0 Å². The van der Waals surface area contributed by atoms with Gasteiger partial charge in [0.05, 0.1) is 6.61 Å². The number of hydrogen-bond acceptors (Lipinski definition) is 3. The van der Waals surface area contributed by atoms with Gasteiger partial charge in [0.25, 0.3) is 0 Å². The van der Waals surface area contributed by atoms with Crippen molar-refractivity contribution in [2.75, 3.05) is 6.61 Å². The van der Waals surface area contributed by atoms with Gasteiger partial charge in [-0.1, -0.05) is 0 Å². The Labute approximate surface area is 58.3 Å². The molecule has 0 aliphatic heterocycles. The third-order valence-corrected chi connectivity index (χ3v) is 0.719. The van der Waals surface area contributed by atoms with Crippen molar-refractivity contribution < 1.29 is 14.6 Å². The van der Waals surface area contributed by atoms with Crippen LogP contribution in [0.25, 0.3) is 0 Å². The second-order valence-electron chi connectivity index (χ2n) is 1.40. The first-order valence-corrected chi connectivity index (χ1v) is 2.67. The fraction of sp³-hybridized carbons (Fsp3) is 0.333. The zero-order valence-electron chi connectivity index (χ0n) is 5.50. The average Bonchev–Trinajstić information content (AvgIpc) is 1.89. The van der Waals surface area contributed by atoms with E-state index >= 15 is 0 Å². The van der Waals surface area contributed by atoms with E-state index in [4.69, 9.17) is 10.4 Å². The molecule has 0 fully saturated rings. The molecule has 10 heavy (non-hydrogen) atoms. The molecule has 0 bridgehead atoms. The smallest absolute Gasteiger partial charge is 0.349 e. The number of ether oxygens (including phenoxy) is 1. The summed E-state index contributed by atoms with van der Waals surface area (Å²) in [5.41, 5.74) is -0.387. The Bertz CT molecular complexity index is 190. The van der Waals surface area contributed by atoms with Crippen molar-refractivity contribution in [2.45, 2.75) is 6.92 Å². The summed E-state index contributed by atoms with van der Waals surface area (Å²) in [5.74, 6) is -1.27. The van der Waals surface area contributed by atoms with Gasteiger partial charge in [-0.25, -0.2) is 4.79 Å². The molecule has 0 aliphatic carbocycles. The van der Waals surface area contributed by atoms with Crippen LogP contribution in [0.1, 0.15) is 6.92 Å². The van der Waals surface area contributed by atoms with Crippen molar-refractivity contribution in [1.29, 1.82) is 5.26 Å². The topological polar surface area (TPSA) is 70.3 Å². The van der Waals surface area contributed by atoms with Gasteiger partial charge in [-0.3, -0.25) is 0 Å². The lowest BCUT2D eigenvalue weighted by molar-refractivity contribution is -0.132. The van der Waals surface area contributed by atoms with Crippen LogP contribution in [-0.4, -0.2) is 17.7 Å². The molecular weight excluding hydrogens is 134 g/mol. The van der Waals surface area contributed by atoms with Gasteiger partial charge >= 0.3 is 5.97 Å². The van der Waals surface area contributed by atoms with Gasteiger partial charge in [0.1, 0.15) is 12.3 Å². The van der Waals surface area contributed by atoms with Crippen molar-refractivity contribution in [3.8, 4) is 6.07 Å². The van der Waals surface area contributed by atoms with E-state index in [0.717, 1.165) is 6.26 Å². The predicted molar refractivity (Wildman–Crippen MR) is 33.0 cm³/mol. The number of carbonyl (C=O) groups is 1. The Morgan fingerprint density at radius 2 is 2.50 bits per heavy atom. The molecule has 0 heterocycles. The molecule has 0 aliphatic rings. The van der Waals surface area contributed by atoms with Crippen molar-refractivity contribution >= 4 is 5.97 Å². The zero-order valence-corrected chi connectivity index (χ0v) is 5.50. The Kier molecular flexibility index (Phi) is 3.73. The fourth-order valence-electron chi connectivity index (χ4n) is 0.291. The van der Waals surface area contributed by atoms with E-state index in [9.17, 15) is 4.79 Å². The van der Waals surface area contributed by atoms with Crippen molar-refractivity contribution in [2.24, 2.45) is 0 Å². The highest BCUT2D eigenvalue weighted by molar-refractivity contribution is 5.90. The monoisotopic (exact) mass is 141 g/mol. The highest BCUT2D eigenvalue weighted by Crippen LogP contribution is 1.91. The summed E-state index contributed by atoms with van der Waals surface area (Å²) in [4.78, 5) is 10.1. The molecule has 0 atom stereocenters. The third-order valence-electron chi connectivity index (χ3n) is 0.719. The Morgan fingerprint density at radius 1 is 1.90 bits per heavy atom. The van der Waals surface area contributed by atoms with Crippen molar-refractivity contribution in [3.63, 3.8) is 0 Å². The first kappa shape index (κ1) is 8.50. The lowest BCUT2D eigenvalue weighted by Gasteiger charge is -1.91. The number of carboxylic acid groups (broad SMARTS) is 1. The van der Waals surface area contributed by atoms with E-state index < -0.39 is 5.97 Å². The number of hydrogen-bond donors (Lipinski definition) is 1. The van der Waals surface area contributed by atoms with Crippen LogP contribution < -0.4 is 0 Å². The highest BCUT2D eigenvalue weighted by atomic mass is 16.5. The molecule has 0 amide bonds. The molecule has 4 nitrogen and oxygen atoms in total. The molecule has 4 heteroatoms. The molecule has 0 aromatic heterocycles. The normalized spacial score (nSPS) is 10.2. The number of aliphatic carboxylic acids is 1. The van der Waals surface area contributed by atoms with Crippen molar-refractivity contribution in [3.05, 3.63) is 11.8 Å². The molecule has 1 N–H and O–H groups in total. The molecule has 0 spiro atoms. The van der Waals surface area contributed by atoms with E-state index in [0.29, 0.717) is 6.61 Å². The Morgan fingerprint density at radius 3 is 2.80 bits per heavy atom. The molecule has 0 rings (SSSR count). The molecule has 0 unspecified atom stereocenters. The van der Waals surface area contributed by atoms with Crippen molar-refractivity contribution in [1.82, 2.24) is 0 Å². The summed E-state index contributed by atoms with van der Waals surface area (Å²) >= 11 is 0. The first-order valence-electron chi connectivity index (χ1n) is 2.67. The quantitative estimate of drug-likeness (QED) is 0.353. The standard InChI is InChI=1S/C6H7NO3/c1-2-10-4-5(3-7)6(8)9/h4H,2H2,1H3,(H,8,9). The summed E-state index contributed by atoms with van der Waals surface area (Å²) in [6.07, 6.45) is 0.933. The van der Waals surface area contributed by atoms with Gasteiger partial charge < -0.3 is 9.84 Å². The molecule has 0 radical (unpaired) electrons. The van der Waals surface area contributed by atoms with Crippen LogP contribution in [0, 0.1) is 11.3 Å². The molecule has 0 saturated carbocycles. The van der Waals surface area contributed by atoms with E-state index in [-0.39, 0.29) is 5.57 Å². The van der Waals surface area contributed by atoms with Gasteiger partial charge in [0.2, 0.25) is 0 Å². The summed E-state index contributed by atoms with van der Waals surface area (Å²) in [7, 11) is 0. The van der Waals surface area contributed by atoms with E-state index in [2.05, 4.69) is 4.74 Å². The van der Waals surface area contributed by atoms with Gasteiger partial charge in [0.15, 0.2) is 5.57 Å². The zero-order chi connectivity index (χ0) is 7.98. The van der Waals surface area contributed by atoms with Crippen LogP contribution in [0.5, 0.6) is 0 Å². The fourth-order valence-corrected chi connectivity index (χ4v) is 0.291. The third kappa shape index (κ3) is 2.72. The minimum atomic E-state index is -1.27. The predicted octanol–water partition coefficient (Wildman–Crippen LogP) is 0.515. The molecule has 54 valence electrons. The van der Waals surface area contributed by atoms with Crippen LogP contribution in [-0.2, 0) is 9.53 Å². The molecule has 0 aromatic rings. The summed E-state index contributed by atoms with van der Waals surface area (Å²) in [5, 5.41) is 16.4. The number of nitrogens with zero attached hydrogens (tertiary/aromatic N) is 1. The van der Waals surface area contributed by atoms with Crippen LogP contribution in [0.15, 0.2) is 11.8 Å². The van der Waals surface area contributed by atoms with E-state index in [1.165, 1.54) is 6.07 Å². The summed E-state index contributed by atoms with van der Waals surface area (Å²) in [6.45, 7) is 2.06. The molecule has 0 saturated heterocycles. The molecular formula is C6H7NO3. The average molecular weight is 141 g/mol. The Balaban J connectivity index is 4.09. The van der Waals surface area contributed by atoms with Gasteiger partial charge in [-0.2, -0.15) is 5.26 Å². The summed E-state index contributed by atoms with van der Waals surface area (Å²) in [6, 6.07) is 1.47. The second-order valence-corrected chi connectivity index (χ2v) is 1.40. The first-order chi connectivity index (χ1) is 4.72. The maximum absolute atomic E-state index is 10.1. The number of nitriles is 1. The number of rotatable bonds is 3. The van der Waals surface area contributed by atoms with Crippen LogP contribution >= 0.6 is 0 Å². The maximum Gasteiger partial charge on any atom is 0.349 e. The van der Waals surface area contributed by atoms with E-state index in [1.54, 1.807) is 6.92 Å². The van der Waals surface area contributed by atoms with Gasteiger partial charge in [-0.05, 0) is 6.92 Å².